The van der Waals surface area contributed by atoms with E-state index >= 15 is 0 Å². The minimum absolute atomic E-state index is 0.0214. The van der Waals surface area contributed by atoms with Crippen molar-refractivity contribution in [3.05, 3.63) is 6.42 Å². The first kappa shape index (κ1) is 9.97. The maximum absolute atomic E-state index is 11.3. The van der Waals surface area contributed by atoms with Crippen LogP contribution in [0.4, 0.5) is 0 Å². The molecule has 2 fully saturated rings. The van der Waals surface area contributed by atoms with Crippen LogP contribution in [0.2, 0.25) is 0 Å². The molecular weight excluding hydrogens is 176 g/mol. The van der Waals surface area contributed by atoms with Gasteiger partial charge in [0.15, 0.2) is 0 Å². The topological polar surface area (TPSA) is 46.3 Å². The van der Waals surface area contributed by atoms with Gasteiger partial charge in [0.1, 0.15) is 0 Å². The van der Waals surface area contributed by atoms with E-state index in [-0.39, 0.29) is 11.9 Å². The minimum Gasteiger partial charge on any atom is -0.368 e. The lowest BCUT2D eigenvalue weighted by molar-refractivity contribution is -0.124. The van der Waals surface area contributed by atoms with E-state index in [1.165, 1.54) is 25.7 Å². The van der Waals surface area contributed by atoms with Crippen LogP contribution in [-0.2, 0) is 4.79 Å². The Morgan fingerprint density at radius 2 is 2.07 bits per heavy atom. The summed E-state index contributed by atoms with van der Waals surface area (Å²) in [4.78, 5) is 13.6. The number of piperidine rings is 1. The van der Waals surface area contributed by atoms with Crippen molar-refractivity contribution in [2.24, 2.45) is 5.73 Å². The summed E-state index contributed by atoms with van der Waals surface area (Å²) in [6.45, 7) is 1.03. The Labute approximate surface area is 85.6 Å². The molecule has 1 aliphatic carbocycles. The summed E-state index contributed by atoms with van der Waals surface area (Å²) in [6.07, 6.45) is 9.30. The second-order valence-electron chi connectivity index (χ2n) is 4.41. The highest BCUT2D eigenvalue weighted by Gasteiger charge is 2.33. The second-order valence-corrected chi connectivity index (χ2v) is 4.41. The first-order valence-electron chi connectivity index (χ1n) is 5.66. The maximum Gasteiger partial charge on any atom is 0.234 e. The number of rotatable bonds is 2. The molecule has 2 rings (SSSR count). The van der Waals surface area contributed by atoms with Gasteiger partial charge in [0.25, 0.3) is 0 Å². The van der Waals surface area contributed by atoms with Crippen molar-refractivity contribution in [3.63, 3.8) is 0 Å². The van der Waals surface area contributed by atoms with Gasteiger partial charge in [-0.2, -0.15) is 0 Å². The van der Waals surface area contributed by atoms with Crippen molar-refractivity contribution in [1.29, 1.82) is 0 Å². The van der Waals surface area contributed by atoms with Gasteiger partial charge in [-0.3, -0.25) is 9.69 Å². The molecule has 1 aliphatic heterocycles. The Balaban J connectivity index is 2.01. The van der Waals surface area contributed by atoms with Gasteiger partial charge in [0.05, 0.1) is 6.04 Å². The van der Waals surface area contributed by atoms with Crippen LogP contribution in [0.25, 0.3) is 0 Å². The summed E-state index contributed by atoms with van der Waals surface area (Å²) < 4.78 is 0. The van der Waals surface area contributed by atoms with Gasteiger partial charge >= 0.3 is 0 Å². The number of nitrogens with two attached hydrogens (primary N) is 1. The third-order valence-corrected chi connectivity index (χ3v) is 3.50. The quantitative estimate of drug-likeness (QED) is 0.716. The smallest absolute Gasteiger partial charge is 0.234 e. The summed E-state index contributed by atoms with van der Waals surface area (Å²) in [6, 6.07) is 0.605. The number of nitrogens with zero attached hydrogens (tertiary/aromatic N) is 1. The van der Waals surface area contributed by atoms with Crippen LogP contribution in [0.3, 0.4) is 0 Å². The molecule has 1 amide bonds. The number of likely N-dealkylation sites (tertiary alicyclic amines) is 1. The van der Waals surface area contributed by atoms with Gasteiger partial charge in [0.2, 0.25) is 5.91 Å². The highest BCUT2D eigenvalue weighted by atomic mass is 16.1. The highest BCUT2D eigenvalue weighted by Crippen LogP contribution is 2.28. The fourth-order valence-corrected chi connectivity index (χ4v) is 2.76. The fraction of sp³-hybridized carbons (Fsp3) is 0.818. The van der Waals surface area contributed by atoms with Crippen LogP contribution < -0.4 is 5.73 Å². The monoisotopic (exact) mass is 195 g/mol. The van der Waals surface area contributed by atoms with E-state index in [0.717, 1.165) is 19.4 Å². The molecule has 2 aliphatic rings. The molecule has 0 aromatic carbocycles. The van der Waals surface area contributed by atoms with E-state index < -0.39 is 0 Å². The van der Waals surface area contributed by atoms with E-state index in [9.17, 15) is 4.79 Å². The number of amides is 1. The number of carbonyl (C=O) groups is 1. The van der Waals surface area contributed by atoms with Crippen LogP contribution in [-0.4, -0.2) is 29.4 Å². The molecule has 0 aromatic rings. The zero-order valence-electron chi connectivity index (χ0n) is 8.61. The van der Waals surface area contributed by atoms with E-state index in [4.69, 9.17) is 5.73 Å². The lowest BCUT2D eigenvalue weighted by Crippen LogP contribution is -2.51. The Morgan fingerprint density at radius 3 is 2.71 bits per heavy atom. The summed E-state index contributed by atoms with van der Waals surface area (Å²) >= 11 is 0. The number of primary amides is 1. The van der Waals surface area contributed by atoms with Gasteiger partial charge < -0.3 is 5.73 Å². The van der Waals surface area contributed by atoms with Crippen molar-refractivity contribution >= 4 is 5.91 Å². The van der Waals surface area contributed by atoms with E-state index in [1.807, 2.05) is 0 Å². The molecule has 0 aromatic heterocycles. The fourth-order valence-electron chi connectivity index (χ4n) is 2.76. The van der Waals surface area contributed by atoms with Crippen molar-refractivity contribution in [2.45, 2.75) is 50.6 Å². The van der Waals surface area contributed by atoms with Crippen molar-refractivity contribution < 1.29 is 4.79 Å². The van der Waals surface area contributed by atoms with E-state index in [1.54, 1.807) is 0 Å². The van der Waals surface area contributed by atoms with Crippen molar-refractivity contribution in [3.8, 4) is 0 Å². The molecule has 0 bridgehead atoms. The lowest BCUT2D eigenvalue weighted by atomic mass is 9.98. The predicted molar refractivity (Wildman–Crippen MR) is 55.5 cm³/mol. The third-order valence-electron chi connectivity index (χ3n) is 3.50. The molecule has 2 N–H and O–H groups in total. The predicted octanol–water partition coefficient (Wildman–Crippen LogP) is 1.08. The molecule has 1 heterocycles. The van der Waals surface area contributed by atoms with Gasteiger partial charge in [-0.25, -0.2) is 0 Å². The molecule has 1 saturated carbocycles. The number of carbonyl (C=O) groups excluding carboxylic acids is 1. The molecule has 3 heteroatoms. The highest BCUT2D eigenvalue weighted by molar-refractivity contribution is 5.80. The van der Waals surface area contributed by atoms with Gasteiger partial charge in [-0.1, -0.05) is 12.8 Å². The largest absolute Gasteiger partial charge is 0.368 e. The average molecular weight is 195 g/mol. The molecule has 1 saturated heterocycles. The second kappa shape index (κ2) is 4.30. The Kier molecular flexibility index (Phi) is 3.06. The van der Waals surface area contributed by atoms with Gasteiger partial charge in [-0.15, -0.1) is 0 Å². The van der Waals surface area contributed by atoms with Gasteiger partial charge in [-0.05, 0) is 38.6 Å². The summed E-state index contributed by atoms with van der Waals surface area (Å²) in [5.74, 6) is -0.146. The normalized spacial score (nSPS) is 30.7. The third kappa shape index (κ3) is 1.92. The molecule has 79 valence electrons. The van der Waals surface area contributed by atoms with Crippen LogP contribution >= 0.6 is 0 Å². The molecule has 14 heavy (non-hydrogen) atoms. The maximum atomic E-state index is 11.3. The molecule has 0 spiro atoms. The Bertz CT molecular complexity index is 211. The zero-order valence-corrected chi connectivity index (χ0v) is 8.61. The van der Waals surface area contributed by atoms with Crippen LogP contribution in [0, 0.1) is 6.42 Å². The lowest BCUT2D eigenvalue weighted by Gasteiger charge is -2.37. The molecule has 1 radical (unpaired) electrons. The summed E-state index contributed by atoms with van der Waals surface area (Å²) in [7, 11) is 0. The minimum atomic E-state index is -0.146. The van der Waals surface area contributed by atoms with Crippen LogP contribution in [0.5, 0.6) is 0 Å². The zero-order chi connectivity index (χ0) is 9.97. The SMILES string of the molecule is NC(=O)C1C[CH]CCN1C1CCCC1. The standard InChI is InChI=1S/C11H19N2O/c12-11(14)10-7-3-4-8-13(10)9-5-1-2-6-9/h3,9-10H,1-2,4-8H2,(H2,12,14). The molecule has 1 atom stereocenters. The molecule has 3 nitrogen and oxygen atoms in total. The van der Waals surface area contributed by atoms with Crippen LogP contribution in [0.15, 0.2) is 0 Å². The number of hydrogen-bond donors (Lipinski definition) is 1. The van der Waals surface area contributed by atoms with E-state index in [0.29, 0.717) is 6.04 Å². The molecular formula is C11H19N2O. The summed E-state index contributed by atoms with van der Waals surface area (Å²) in [5.41, 5.74) is 5.42. The Hall–Kier alpha value is -0.570. The first-order chi connectivity index (χ1) is 6.79. The Morgan fingerprint density at radius 1 is 1.36 bits per heavy atom. The molecule has 1 unspecified atom stereocenters. The first-order valence-corrected chi connectivity index (χ1v) is 5.66. The van der Waals surface area contributed by atoms with Crippen LogP contribution in [0.1, 0.15) is 38.5 Å². The summed E-state index contributed by atoms with van der Waals surface area (Å²) in [5, 5.41) is 0. The number of hydrogen-bond acceptors (Lipinski definition) is 2. The van der Waals surface area contributed by atoms with E-state index in [2.05, 4.69) is 11.3 Å². The average Bonchev–Trinajstić information content (AvgIpc) is 2.70. The van der Waals surface area contributed by atoms with Crippen molar-refractivity contribution in [2.75, 3.05) is 6.54 Å². The van der Waals surface area contributed by atoms with Crippen molar-refractivity contribution in [1.82, 2.24) is 4.90 Å². The van der Waals surface area contributed by atoms with Gasteiger partial charge in [0, 0.05) is 6.04 Å².